The van der Waals surface area contributed by atoms with Crippen molar-refractivity contribution in [3.8, 4) is 0 Å². The van der Waals surface area contributed by atoms with E-state index < -0.39 is 12.1 Å². The summed E-state index contributed by atoms with van der Waals surface area (Å²) in [5, 5.41) is 17.9. The average molecular weight is 200 g/mol. The summed E-state index contributed by atoms with van der Waals surface area (Å²) in [7, 11) is 0. The summed E-state index contributed by atoms with van der Waals surface area (Å²) in [6.45, 7) is 2.03. The lowest BCUT2D eigenvalue weighted by Gasteiger charge is -2.03. The highest BCUT2D eigenvalue weighted by Crippen LogP contribution is 2.25. The summed E-state index contributed by atoms with van der Waals surface area (Å²) in [5.74, 6) is -0.973. The topological polar surface area (TPSA) is 57.5 Å². The van der Waals surface area contributed by atoms with Crippen LogP contribution in [0.5, 0.6) is 0 Å². The number of carbonyl (C=O) groups is 1. The van der Waals surface area contributed by atoms with E-state index >= 15 is 0 Å². The molecule has 0 saturated carbocycles. The predicted octanol–water partition coefficient (Wildman–Crippen LogP) is 1.82. The highest BCUT2D eigenvalue weighted by Gasteiger charge is 2.13. The van der Waals surface area contributed by atoms with E-state index in [0.29, 0.717) is 0 Å². The van der Waals surface area contributed by atoms with E-state index in [1.807, 2.05) is 13.0 Å². The van der Waals surface area contributed by atoms with E-state index in [1.54, 1.807) is 6.07 Å². The fraction of sp³-hybridized carbons (Fsp3) is 0.444. The minimum atomic E-state index is -0.973. The van der Waals surface area contributed by atoms with Gasteiger partial charge in [0.2, 0.25) is 0 Å². The molecule has 2 N–H and O–H groups in total. The molecule has 13 heavy (non-hydrogen) atoms. The number of thiophene rings is 1. The summed E-state index contributed by atoms with van der Waals surface area (Å²) >= 11 is 1.47. The van der Waals surface area contributed by atoms with Gasteiger partial charge in [0, 0.05) is 9.75 Å². The number of aryl methyl sites for hydroxylation is 1. The number of carboxylic acids is 1. The van der Waals surface area contributed by atoms with Crippen LogP contribution in [-0.4, -0.2) is 16.2 Å². The maximum atomic E-state index is 10.3. The molecule has 1 heterocycles. The molecule has 0 aliphatic carbocycles. The Morgan fingerprint density at radius 2 is 2.31 bits per heavy atom. The summed E-state index contributed by atoms with van der Waals surface area (Å²) in [6.07, 6.45) is -0.156. The lowest BCUT2D eigenvalue weighted by molar-refractivity contribution is -0.139. The Hall–Kier alpha value is -0.870. The van der Waals surface area contributed by atoms with Crippen molar-refractivity contribution in [2.24, 2.45) is 0 Å². The van der Waals surface area contributed by atoms with Crippen LogP contribution in [0.2, 0.25) is 0 Å². The Morgan fingerprint density at radius 3 is 2.77 bits per heavy atom. The van der Waals surface area contributed by atoms with Gasteiger partial charge in [-0.15, -0.1) is 11.3 Å². The summed E-state index contributed by atoms with van der Waals surface area (Å²) < 4.78 is 0. The molecule has 0 radical (unpaired) electrons. The molecule has 72 valence electrons. The van der Waals surface area contributed by atoms with Crippen LogP contribution in [-0.2, 0) is 11.2 Å². The first kappa shape index (κ1) is 10.2. The summed E-state index contributed by atoms with van der Waals surface area (Å²) in [4.78, 5) is 12.2. The third kappa shape index (κ3) is 2.82. The van der Waals surface area contributed by atoms with Gasteiger partial charge >= 0.3 is 5.97 Å². The summed E-state index contributed by atoms with van der Waals surface area (Å²) in [5.41, 5.74) is 0. The standard InChI is InChI=1S/C9H12O3S/c1-2-6-3-4-8(13-6)7(10)5-9(11)12/h3-4,7,10H,2,5H2,1H3,(H,11,12). The van der Waals surface area contributed by atoms with Crippen LogP contribution in [0.4, 0.5) is 0 Å². The van der Waals surface area contributed by atoms with Gasteiger partial charge in [0.15, 0.2) is 0 Å². The molecule has 0 aromatic carbocycles. The largest absolute Gasteiger partial charge is 0.481 e. The van der Waals surface area contributed by atoms with Crippen molar-refractivity contribution in [3.05, 3.63) is 21.9 Å². The van der Waals surface area contributed by atoms with E-state index in [-0.39, 0.29) is 6.42 Å². The van der Waals surface area contributed by atoms with Crippen LogP contribution < -0.4 is 0 Å². The van der Waals surface area contributed by atoms with Gasteiger partial charge in [-0.25, -0.2) is 0 Å². The van der Waals surface area contributed by atoms with Gasteiger partial charge in [0.1, 0.15) is 0 Å². The number of hydrogen-bond donors (Lipinski definition) is 2. The monoisotopic (exact) mass is 200 g/mol. The smallest absolute Gasteiger partial charge is 0.306 e. The van der Waals surface area contributed by atoms with Crippen molar-refractivity contribution in [3.63, 3.8) is 0 Å². The molecule has 1 aromatic rings. The Bertz CT molecular complexity index is 293. The molecular formula is C9H12O3S. The third-order valence-corrected chi connectivity index (χ3v) is 3.06. The van der Waals surface area contributed by atoms with Crippen LogP contribution in [0.1, 0.15) is 29.2 Å². The van der Waals surface area contributed by atoms with Crippen molar-refractivity contribution >= 4 is 17.3 Å². The van der Waals surface area contributed by atoms with E-state index in [1.165, 1.54) is 16.2 Å². The van der Waals surface area contributed by atoms with Crippen LogP contribution in [0.15, 0.2) is 12.1 Å². The quantitative estimate of drug-likeness (QED) is 0.779. The molecule has 1 unspecified atom stereocenters. The van der Waals surface area contributed by atoms with Gasteiger partial charge in [-0.3, -0.25) is 4.79 Å². The Morgan fingerprint density at radius 1 is 1.62 bits per heavy atom. The minimum absolute atomic E-state index is 0.219. The molecule has 0 aliphatic rings. The van der Waals surface area contributed by atoms with E-state index in [4.69, 9.17) is 5.11 Å². The fourth-order valence-corrected chi connectivity index (χ4v) is 1.97. The molecule has 1 rings (SSSR count). The van der Waals surface area contributed by atoms with Crippen molar-refractivity contribution in [2.75, 3.05) is 0 Å². The normalized spacial score (nSPS) is 12.8. The zero-order valence-corrected chi connectivity index (χ0v) is 8.17. The average Bonchev–Trinajstić information content (AvgIpc) is 2.50. The number of aliphatic carboxylic acids is 1. The number of rotatable bonds is 4. The maximum absolute atomic E-state index is 10.3. The van der Waals surface area contributed by atoms with Crippen LogP contribution in [0, 0.1) is 0 Å². The fourth-order valence-electron chi connectivity index (χ4n) is 1.03. The SMILES string of the molecule is CCc1ccc(C(O)CC(=O)O)s1. The zero-order chi connectivity index (χ0) is 9.84. The minimum Gasteiger partial charge on any atom is -0.481 e. The second-order valence-corrected chi connectivity index (χ2v) is 3.97. The van der Waals surface area contributed by atoms with Gasteiger partial charge in [-0.1, -0.05) is 6.92 Å². The van der Waals surface area contributed by atoms with Gasteiger partial charge in [-0.2, -0.15) is 0 Å². The van der Waals surface area contributed by atoms with Crippen molar-refractivity contribution in [2.45, 2.75) is 25.9 Å². The summed E-state index contributed by atoms with van der Waals surface area (Å²) in [6, 6.07) is 3.71. The zero-order valence-electron chi connectivity index (χ0n) is 7.36. The lowest BCUT2D eigenvalue weighted by atomic mass is 10.2. The molecule has 1 atom stereocenters. The van der Waals surface area contributed by atoms with Crippen LogP contribution in [0.25, 0.3) is 0 Å². The van der Waals surface area contributed by atoms with Gasteiger partial charge < -0.3 is 10.2 Å². The predicted molar refractivity (Wildman–Crippen MR) is 50.9 cm³/mol. The number of hydrogen-bond acceptors (Lipinski definition) is 3. The molecule has 3 nitrogen and oxygen atoms in total. The third-order valence-electron chi connectivity index (χ3n) is 1.73. The Labute approximate surface area is 80.6 Å². The maximum Gasteiger partial charge on any atom is 0.306 e. The van der Waals surface area contributed by atoms with E-state index in [0.717, 1.165) is 11.3 Å². The number of aliphatic hydroxyl groups is 1. The molecule has 0 bridgehead atoms. The first-order chi connectivity index (χ1) is 6.13. The molecule has 4 heteroatoms. The van der Waals surface area contributed by atoms with Crippen molar-refractivity contribution in [1.29, 1.82) is 0 Å². The van der Waals surface area contributed by atoms with Gasteiger partial charge in [0.25, 0.3) is 0 Å². The highest BCUT2D eigenvalue weighted by molar-refractivity contribution is 7.12. The molecule has 0 aliphatic heterocycles. The van der Waals surface area contributed by atoms with Crippen LogP contribution >= 0.6 is 11.3 Å². The van der Waals surface area contributed by atoms with E-state index in [2.05, 4.69) is 0 Å². The van der Waals surface area contributed by atoms with Gasteiger partial charge in [0.05, 0.1) is 12.5 Å². The molecule has 1 aromatic heterocycles. The second kappa shape index (κ2) is 4.39. The lowest BCUT2D eigenvalue weighted by Crippen LogP contribution is -2.03. The number of aliphatic hydroxyl groups excluding tert-OH is 1. The van der Waals surface area contributed by atoms with Crippen molar-refractivity contribution < 1.29 is 15.0 Å². The van der Waals surface area contributed by atoms with Crippen molar-refractivity contribution in [1.82, 2.24) is 0 Å². The molecule has 0 spiro atoms. The Balaban J connectivity index is 2.65. The highest BCUT2D eigenvalue weighted by atomic mass is 32.1. The van der Waals surface area contributed by atoms with E-state index in [9.17, 15) is 9.90 Å². The first-order valence-corrected chi connectivity index (χ1v) is 4.93. The molecular weight excluding hydrogens is 188 g/mol. The van der Waals surface area contributed by atoms with Crippen LogP contribution in [0.3, 0.4) is 0 Å². The number of carboxylic acid groups (broad SMARTS) is 1. The molecule has 0 fully saturated rings. The second-order valence-electron chi connectivity index (χ2n) is 2.77. The molecule has 0 saturated heterocycles. The Kier molecular flexibility index (Phi) is 3.45. The van der Waals surface area contributed by atoms with Gasteiger partial charge in [-0.05, 0) is 18.6 Å². The molecule has 0 amide bonds. The first-order valence-electron chi connectivity index (χ1n) is 4.12.